The summed E-state index contributed by atoms with van der Waals surface area (Å²) in [6, 6.07) is 4.32. The maximum Gasteiger partial charge on any atom is 0.0917 e. The van der Waals surface area contributed by atoms with Gasteiger partial charge in [0.15, 0.2) is 0 Å². The van der Waals surface area contributed by atoms with E-state index in [9.17, 15) is 0 Å². The average Bonchev–Trinajstić information content (AvgIpc) is 2.34. The summed E-state index contributed by atoms with van der Waals surface area (Å²) in [4.78, 5) is 0. The summed E-state index contributed by atoms with van der Waals surface area (Å²) in [7, 11) is 1.98. The number of allylic oxidation sites excluding steroid dienone is 5. The van der Waals surface area contributed by atoms with Crippen LogP contribution in [0.3, 0.4) is 0 Å². The molecule has 1 unspecified atom stereocenters. The van der Waals surface area contributed by atoms with Crippen molar-refractivity contribution in [1.82, 2.24) is 5.01 Å². The first-order valence-corrected chi connectivity index (χ1v) is 6.27. The fraction of sp³-hybridized carbons (Fsp3) is 0.188. The summed E-state index contributed by atoms with van der Waals surface area (Å²) in [5.41, 5.74) is 5.35. The van der Waals surface area contributed by atoms with Crippen LogP contribution in [0.5, 0.6) is 0 Å². The van der Waals surface area contributed by atoms with E-state index in [2.05, 4.69) is 54.7 Å². The van der Waals surface area contributed by atoms with Gasteiger partial charge in [-0.3, -0.25) is 5.01 Å². The number of hydrogen-bond acceptors (Lipinski definition) is 2. The Morgan fingerprint density at radius 2 is 2.17 bits per heavy atom. The molecule has 0 bridgehead atoms. The predicted molar refractivity (Wildman–Crippen MR) is 73.1 cm³/mol. The lowest BCUT2D eigenvalue weighted by atomic mass is 9.80. The third-order valence-electron chi connectivity index (χ3n) is 3.78. The molecule has 3 aliphatic rings. The standard InChI is InChI=1S/C16H14N2/c1-10-7-11-3-4-13-9-18(2)17-14-6-5-12(8-10)15(11)16(13)14/h3-9,11H,1-2H3. The molecule has 0 fully saturated rings. The highest BCUT2D eigenvalue weighted by molar-refractivity contribution is 5.81. The Morgan fingerprint density at radius 3 is 3.06 bits per heavy atom. The lowest BCUT2D eigenvalue weighted by molar-refractivity contribution is 0.467. The van der Waals surface area contributed by atoms with E-state index in [4.69, 9.17) is 0 Å². The normalized spacial score (nSPS) is 22.6. The molecule has 1 atom stereocenters. The quantitative estimate of drug-likeness (QED) is 0.669. The third kappa shape index (κ3) is 1.20. The van der Waals surface area contributed by atoms with E-state index in [0.29, 0.717) is 5.92 Å². The van der Waals surface area contributed by atoms with E-state index in [-0.39, 0.29) is 0 Å². The van der Waals surface area contributed by atoms with Crippen molar-refractivity contribution in [2.45, 2.75) is 12.8 Å². The van der Waals surface area contributed by atoms with Crippen molar-refractivity contribution in [3.8, 4) is 0 Å². The van der Waals surface area contributed by atoms with Gasteiger partial charge in [-0.05, 0) is 23.8 Å². The van der Waals surface area contributed by atoms with Gasteiger partial charge in [-0.1, -0.05) is 35.9 Å². The third-order valence-corrected chi connectivity index (χ3v) is 3.78. The maximum atomic E-state index is 4.58. The Bertz CT molecular complexity index is 763. The van der Waals surface area contributed by atoms with Crippen LogP contribution in [0.4, 0.5) is 0 Å². The minimum Gasteiger partial charge on any atom is -0.275 e. The van der Waals surface area contributed by atoms with Gasteiger partial charge in [0.2, 0.25) is 0 Å². The molecular weight excluding hydrogens is 220 g/mol. The highest BCUT2D eigenvalue weighted by Crippen LogP contribution is 2.33. The van der Waals surface area contributed by atoms with Crippen molar-refractivity contribution in [3.05, 3.63) is 63.8 Å². The summed E-state index contributed by atoms with van der Waals surface area (Å²) in [6.07, 6.45) is 11.2. The zero-order valence-corrected chi connectivity index (χ0v) is 10.5. The van der Waals surface area contributed by atoms with Gasteiger partial charge in [0.1, 0.15) is 0 Å². The number of nitrogens with zero attached hydrogens (tertiary/aromatic N) is 2. The van der Waals surface area contributed by atoms with Crippen LogP contribution >= 0.6 is 0 Å². The average molecular weight is 234 g/mol. The second-order valence-electron chi connectivity index (χ2n) is 5.16. The second-order valence-corrected chi connectivity index (χ2v) is 5.16. The van der Waals surface area contributed by atoms with Crippen LogP contribution in [0.2, 0.25) is 0 Å². The molecule has 0 N–H and O–H groups in total. The highest BCUT2D eigenvalue weighted by Gasteiger charge is 2.24. The van der Waals surface area contributed by atoms with E-state index >= 15 is 0 Å². The molecule has 0 radical (unpaired) electrons. The van der Waals surface area contributed by atoms with Gasteiger partial charge in [0.25, 0.3) is 0 Å². The van der Waals surface area contributed by atoms with Crippen molar-refractivity contribution < 1.29 is 0 Å². The molecule has 1 aromatic rings. The summed E-state index contributed by atoms with van der Waals surface area (Å²) in [5, 5.41) is 8.90. The van der Waals surface area contributed by atoms with Crippen LogP contribution in [0.1, 0.15) is 24.0 Å². The Balaban J connectivity index is 2.18. The van der Waals surface area contributed by atoms with Crippen LogP contribution in [0.25, 0.3) is 11.6 Å². The second kappa shape index (κ2) is 3.22. The summed E-state index contributed by atoms with van der Waals surface area (Å²) >= 11 is 0. The topological polar surface area (TPSA) is 15.6 Å². The van der Waals surface area contributed by atoms with Gasteiger partial charge in [-0.2, -0.15) is 5.10 Å². The minimum absolute atomic E-state index is 0.413. The van der Waals surface area contributed by atoms with Crippen molar-refractivity contribution in [2.75, 3.05) is 7.05 Å². The van der Waals surface area contributed by atoms with Crippen LogP contribution < -0.4 is 10.6 Å². The first-order chi connectivity index (χ1) is 8.72. The van der Waals surface area contributed by atoms with Crippen LogP contribution in [-0.4, -0.2) is 12.1 Å². The maximum absolute atomic E-state index is 4.58. The van der Waals surface area contributed by atoms with Gasteiger partial charge >= 0.3 is 0 Å². The highest BCUT2D eigenvalue weighted by atomic mass is 15.4. The molecule has 88 valence electrons. The molecule has 18 heavy (non-hydrogen) atoms. The first-order valence-electron chi connectivity index (χ1n) is 6.27. The van der Waals surface area contributed by atoms with E-state index < -0.39 is 0 Å². The monoisotopic (exact) mass is 234 g/mol. The van der Waals surface area contributed by atoms with Crippen molar-refractivity contribution in [1.29, 1.82) is 0 Å². The lowest BCUT2D eigenvalue weighted by Gasteiger charge is -2.27. The molecular formula is C16H14N2. The number of benzene rings is 1. The number of hydrogen-bond donors (Lipinski definition) is 0. The molecule has 0 saturated carbocycles. The van der Waals surface area contributed by atoms with Crippen molar-refractivity contribution >= 4 is 11.6 Å². The van der Waals surface area contributed by atoms with E-state index in [1.807, 2.05) is 12.1 Å². The molecule has 2 heteroatoms. The molecule has 0 spiro atoms. The SMILES string of the molecule is CC1=CC2C=CC3=CN(C)N=c4ccc(c2c43)=C1. The molecule has 1 aliphatic heterocycles. The molecule has 4 rings (SSSR count). The molecule has 1 heterocycles. The van der Waals surface area contributed by atoms with Crippen LogP contribution in [0.15, 0.2) is 47.2 Å². The smallest absolute Gasteiger partial charge is 0.0917 e. The fourth-order valence-electron chi connectivity index (χ4n) is 3.11. The van der Waals surface area contributed by atoms with E-state index in [0.717, 1.165) is 5.36 Å². The Kier molecular flexibility index (Phi) is 1.77. The zero-order chi connectivity index (χ0) is 12.3. The van der Waals surface area contributed by atoms with Gasteiger partial charge in [-0.25, -0.2) is 0 Å². The zero-order valence-electron chi connectivity index (χ0n) is 10.5. The van der Waals surface area contributed by atoms with Gasteiger partial charge in [0, 0.05) is 30.3 Å². The largest absolute Gasteiger partial charge is 0.275 e. The Hall–Kier alpha value is -2.09. The molecule has 0 amide bonds. The predicted octanol–water partition coefficient (Wildman–Crippen LogP) is 1.90. The minimum atomic E-state index is 0.413. The van der Waals surface area contributed by atoms with Crippen molar-refractivity contribution in [2.24, 2.45) is 5.10 Å². The molecule has 2 aliphatic carbocycles. The van der Waals surface area contributed by atoms with Crippen LogP contribution in [0, 0.1) is 0 Å². The Morgan fingerprint density at radius 1 is 1.28 bits per heavy atom. The molecule has 1 aromatic carbocycles. The first kappa shape index (κ1) is 9.89. The lowest BCUT2D eigenvalue weighted by Crippen LogP contribution is -2.30. The van der Waals surface area contributed by atoms with E-state index in [1.54, 1.807) is 0 Å². The van der Waals surface area contributed by atoms with Crippen molar-refractivity contribution in [3.63, 3.8) is 0 Å². The number of rotatable bonds is 0. The van der Waals surface area contributed by atoms with Gasteiger partial charge < -0.3 is 0 Å². The summed E-state index contributed by atoms with van der Waals surface area (Å²) in [6.45, 7) is 2.17. The molecule has 2 nitrogen and oxygen atoms in total. The summed E-state index contributed by atoms with van der Waals surface area (Å²) in [5.74, 6) is 0.413. The fourth-order valence-corrected chi connectivity index (χ4v) is 3.11. The summed E-state index contributed by atoms with van der Waals surface area (Å²) < 4.78 is 0. The van der Waals surface area contributed by atoms with E-state index in [1.165, 1.54) is 27.5 Å². The molecule has 0 saturated heterocycles. The Labute approximate surface area is 106 Å². The van der Waals surface area contributed by atoms with Gasteiger partial charge in [-0.15, -0.1) is 0 Å². The van der Waals surface area contributed by atoms with Crippen LogP contribution in [-0.2, 0) is 0 Å². The molecule has 0 aromatic heterocycles. The van der Waals surface area contributed by atoms with Gasteiger partial charge in [0.05, 0.1) is 5.36 Å².